The highest BCUT2D eigenvalue weighted by Crippen LogP contribution is 2.18. The average Bonchev–Trinajstić information content (AvgIpc) is 2.59. The zero-order valence-corrected chi connectivity index (χ0v) is 16.5. The number of benzene rings is 1. The van der Waals surface area contributed by atoms with E-state index in [1.54, 1.807) is 51.1 Å². The maximum atomic E-state index is 13.4. The Hall–Kier alpha value is -2.71. The number of rotatable bonds is 7. The molecule has 1 aromatic carbocycles. The molecule has 2 amide bonds. The van der Waals surface area contributed by atoms with Crippen LogP contribution in [0, 0.1) is 0 Å². The van der Waals surface area contributed by atoms with Crippen LogP contribution in [0.2, 0.25) is 0 Å². The van der Waals surface area contributed by atoms with Crippen LogP contribution >= 0.6 is 0 Å². The number of carbonyl (C=O) groups is 3. The van der Waals surface area contributed by atoms with Crippen molar-refractivity contribution >= 4 is 18.0 Å². The Bertz CT molecular complexity index is 691. The molecule has 156 valence electrons. The van der Waals surface area contributed by atoms with Crippen LogP contribution in [-0.4, -0.2) is 48.7 Å². The summed E-state index contributed by atoms with van der Waals surface area (Å²) in [6.07, 6.45) is -4.10. The van der Waals surface area contributed by atoms with Gasteiger partial charge in [-0.1, -0.05) is 30.3 Å². The van der Waals surface area contributed by atoms with E-state index in [-0.39, 0.29) is 6.42 Å². The lowest BCUT2D eigenvalue weighted by molar-refractivity contribution is -0.157. The zero-order chi connectivity index (χ0) is 21.5. The summed E-state index contributed by atoms with van der Waals surface area (Å²) >= 11 is 0. The lowest BCUT2D eigenvalue weighted by atomic mass is 10.0. The van der Waals surface area contributed by atoms with Crippen molar-refractivity contribution in [1.29, 1.82) is 0 Å². The number of ether oxygens (including phenoxy) is 2. The maximum Gasteiger partial charge on any atom is 0.408 e. The molecule has 0 spiro atoms. The van der Waals surface area contributed by atoms with Gasteiger partial charge >= 0.3 is 12.1 Å². The zero-order valence-electron chi connectivity index (χ0n) is 16.5. The van der Waals surface area contributed by atoms with Crippen LogP contribution in [0.4, 0.5) is 13.6 Å². The molecule has 7 nitrogen and oxygen atoms in total. The van der Waals surface area contributed by atoms with E-state index >= 15 is 0 Å². The molecule has 0 aliphatic heterocycles. The first kappa shape index (κ1) is 23.3. The van der Waals surface area contributed by atoms with E-state index in [0.29, 0.717) is 5.56 Å². The Morgan fingerprint density at radius 1 is 1.07 bits per heavy atom. The van der Waals surface area contributed by atoms with Crippen molar-refractivity contribution in [3.63, 3.8) is 0 Å². The van der Waals surface area contributed by atoms with Crippen LogP contribution in [0.5, 0.6) is 0 Å². The van der Waals surface area contributed by atoms with Gasteiger partial charge in [0.15, 0.2) is 5.54 Å². The monoisotopic (exact) mass is 400 g/mol. The summed E-state index contributed by atoms with van der Waals surface area (Å²) in [4.78, 5) is 36.5. The molecule has 0 radical (unpaired) electrons. The third kappa shape index (κ3) is 6.79. The molecule has 0 aromatic heterocycles. The molecule has 0 aliphatic carbocycles. The molecule has 0 bridgehead atoms. The number of alkyl halides is 2. The number of amides is 2. The second kappa shape index (κ2) is 9.48. The Morgan fingerprint density at radius 3 is 2.11 bits per heavy atom. The third-order valence-corrected chi connectivity index (χ3v) is 3.72. The highest BCUT2D eigenvalue weighted by molar-refractivity contribution is 5.92. The third-order valence-electron chi connectivity index (χ3n) is 3.72. The number of hydrogen-bond donors (Lipinski definition) is 2. The topological polar surface area (TPSA) is 93.7 Å². The SMILES string of the molecule is COC(=O)[C@@](C)(NC(=O)[C@H](Cc1ccccc1)NC(=O)OC(C)(C)C)C(F)F. The molecule has 1 rings (SSSR count). The molecule has 0 unspecified atom stereocenters. The fourth-order valence-electron chi connectivity index (χ4n) is 2.26. The number of methoxy groups -OCH3 is 1. The van der Waals surface area contributed by atoms with Gasteiger partial charge in [-0.05, 0) is 33.3 Å². The summed E-state index contributed by atoms with van der Waals surface area (Å²) in [5.74, 6) is -2.27. The van der Waals surface area contributed by atoms with Gasteiger partial charge in [0, 0.05) is 6.42 Å². The van der Waals surface area contributed by atoms with E-state index in [4.69, 9.17) is 4.74 Å². The Kier molecular flexibility index (Phi) is 7.89. The lowest BCUT2D eigenvalue weighted by Gasteiger charge is -2.30. The summed E-state index contributed by atoms with van der Waals surface area (Å²) in [6, 6.07) is 7.41. The van der Waals surface area contributed by atoms with Gasteiger partial charge in [0.1, 0.15) is 11.6 Å². The minimum absolute atomic E-state index is 0.00636. The van der Waals surface area contributed by atoms with Crippen molar-refractivity contribution in [1.82, 2.24) is 10.6 Å². The van der Waals surface area contributed by atoms with Crippen molar-refractivity contribution in [2.24, 2.45) is 0 Å². The number of alkyl carbamates (subject to hydrolysis) is 1. The Morgan fingerprint density at radius 2 is 1.64 bits per heavy atom. The van der Waals surface area contributed by atoms with Crippen LogP contribution in [-0.2, 0) is 25.5 Å². The average molecular weight is 400 g/mol. The second-order valence-corrected chi connectivity index (χ2v) is 7.37. The minimum Gasteiger partial charge on any atom is -0.467 e. The first-order chi connectivity index (χ1) is 12.9. The molecular formula is C19H26F2N2O5. The number of nitrogens with one attached hydrogen (secondary N) is 2. The first-order valence-electron chi connectivity index (χ1n) is 8.61. The van der Waals surface area contributed by atoms with Crippen molar-refractivity contribution in [2.45, 2.75) is 57.7 Å². The van der Waals surface area contributed by atoms with Gasteiger partial charge in [-0.2, -0.15) is 0 Å². The van der Waals surface area contributed by atoms with Crippen molar-refractivity contribution < 1.29 is 32.6 Å². The smallest absolute Gasteiger partial charge is 0.408 e. The van der Waals surface area contributed by atoms with Crippen molar-refractivity contribution in [2.75, 3.05) is 7.11 Å². The molecule has 2 atom stereocenters. The van der Waals surface area contributed by atoms with Gasteiger partial charge in [-0.25, -0.2) is 18.4 Å². The van der Waals surface area contributed by atoms with E-state index < -0.39 is 41.6 Å². The highest BCUT2D eigenvalue weighted by atomic mass is 19.3. The molecule has 0 saturated heterocycles. The molecule has 9 heteroatoms. The Labute approximate surface area is 162 Å². The Balaban J connectivity index is 3.06. The molecule has 0 fully saturated rings. The summed E-state index contributed by atoms with van der Waals surface area (Å²) in [7, 11) is 0.940. The largest absolute Gasteiger partial charge is 0.467 e. The standard InChI is InChI=1S/C19H26F2N2O5/c1-18(2,3)28-17(26)22-13(11-12-9-7-6-8-10-12)14(24)23-19(4,15(20)21)16(25)27-5/h6-10,13,15H,11H2,1-5H3,(H,22,26)(H,23,24)/t13-,19-/m0/s1. The number of esters is 1. The van der Waals surface area contributed by atoms with Gasteiger partial charge in [0.05, 0.1) is 7.11 Å². The predicted octanol–water partition coefficient (Wildman–Crippen LogP) is 2.44. The molecule has 0 aliphatic rings. The predicted molar refractivity (Wildman–Crippen MR) is 97.9 cm³/mol. The summed E-state index contributed by atoms with van der Waals surface area (Å²) in [6.45, 7) is 5.78. The molecule has 1 aromatic rings. The fraction of sp³-hybridized carbons (Fsp3) is 0.526. The fourth-order valence-corrected chi connectivity index (χ4v) is 2.26. The molecule has 0 heterocycles. The highest BCUT2D eigenvalue weighted by Gasteiger charge is 2.46. The summed E-state index contributed by atoms with van der Waals surface area (Å²) < 4.78 is 36.4. The number of halogens is 2. The molecule has 0 saturated carbocycles. The molecule has 2 N–H and O–H groups in total. The first-order valence-corrected chi connectivity index (χ1v) is 8.61. The van der Waals surface area contributed by atoms with Crippen LogP contribution in [0.15, 0.2) is 30.3 Å². The minimum atomic E-state index is -3.22. The van der Waals surface area contributed by atoms with Crippen LogP contribution in [0.1, 0.15) is 33.3 Å². The summed E-state index contributed by atoms with van der Waals surface area (Å²) in [5.41, 5.74) is -2.70. The second-order valence-electron chi connectivity index (χ2n) is 7.37. The van der Waals surface area contributed by atoms with Crippen molar-refractivity contribution in [3.05, 3.63) is 35.9 Å². The van der Waals surface area contributed by atoms with Gasteiger partial charge in [-0.15, -0.1) is 0 Å². The van der Waals surface area contributed by atoms with Crippen LogP contribution in [0.25, 0.3) is 0 Å². The summed E-state index contributed by atoms with van der Waals surface area (Å²) in [5, 5.41) is 4.37. The number of hydrogen-bond acceptors (Lipinski definition) is 5. The number of carbonyl (C=O) groups excluding carboxylic acids is 3. The molecule has 28 heavy (non-hydrogen) atoms. The van der Waals surface area contributed by atoms with E-state index in [0.717, 1.165) is 14.0 Å². The van der Waals surface area contributed by atoms with E-state index in [2.05, 4.69) is 10.1 Å². The van der Waals surface area contributed by atoms with E-state index in [9.17, 15) is 23.2 Å². The quantitative estimate of drug-likeness (QED) is 0.686. The van der Waals surface area contributed by atoms with Gasteiger partial charge in [-0.3, -0.25) is 4.79 Å². The normalized spacial score (nSPS) is 14.6. The van der Waals surface area contributed by atoms with Gasteiger partial charge < -0.3 is 20.1 Å². The van der Waals surface area contributed by atoms with Gasteiger partial charge in [0.25, 0.3) is 6.43 Å². The van der Waals surface area contributed by atoms with Crippen molar-refractivity contribution in [3.8, 4) is 0 Å². The van der Waals surface area contributed by atoms with Gasteiger partial charge in [0.2, 0.25) is 5.91 Å². The maximum absolute atomic E-state index is 13.4. The van der Waals surface area contributed by atoms with E-state index in [1.807, 2.05) is 5.32 Å². The molecular weight excluding hydrogens is 374 g/mol. The van der Waals surface area contributed by atoms with Crippen LogP contribution in [0.3, 0.4) is 0 Å². The lowest BCUT2D eigenvalue weighted by Crippen LogP contribution is -2.62. The van der Waals surface area contributed by atoms with Crippen LogP contribution < -0.4 is 10.6 Å². The van der Waals surface area contributed by atoms with E-state index in [1.165, 1.54) is 0 Å².